The third-order valence-corrected chi connectivity index (χ3v) is 4.84. The first-order valence-electron chi connectivity index (χ1n) is 9.28. The minimum Gasteiger partial charge on any atom is -0.493 e. The molecule has 4 aromatic rings. The number of benzene rings is 3. The molecular formula is C23H21N3O4. The summed E-state index contributed by atoms with van der Waals surface area (Å²) in [5, 5.41) is 10.7. The number of nitrogens with one attached hydrogen (secondary N) is 2. The molecule has 0 aliphatic heterocycles. The van der Waals surface area contributed by atoms with Gasteiger partial charge >= 0.3 is 0 Å². The molecule has 0 aliphatic carbocycles. The van der Waals surface area contributed by atoms with Crippen LogP contribution < -0.4 is 19.5 Å². The molecule has 152 valence electrons. The van der Waals surface area contributed by atoms with Crippen molar-refractivity contribution in [2.75, 3.05) is 26.6 Å². The number of carbonyl (C=O) groups excluding carboxylic acids is 1. The van der Waals surface area contributed by atoms with Crippen LogP contribution in [-0.4, -0.2) is 37.4 Å². The topological polar surface area (TPSA) is 85.5 Å². The molecule has 0 saturated carbocycles. The van der Waals surface area contributed by atoms with Gasteiger partial charge in [0.2, 0.25) is 5.75 Å². The van der Waals surface area contributed by atoms with Gasteiger partial charge in [0.1, 0.15) is 0 Å². The minimum absolute atomic E-state index is 0.186. The number of rotatable bonds is 6. The molecule has 30 heavy (non-hydrogen) atoms. The normalized spacial score (nSPS) is 10.6. The average Bonchev–Trinajstić information content (AvgIpc) is 3.26. The van der Waals surface area contributed by atoms with E-state index in [0.717, 1.165) is 22.0 Å². The number of hydrogen-bond acceptors (Lipinski definition) is 5. The summed E-state index contributed by atoms with van der Waals surface area (Å²) in [5.41, 5.74) is 4.00. The van der Waals surface area contributed by atoms with E-state index in [4.69, 9.17) is 14.2 Å². The molecule has 0 atom stereocenters. The highest BCUT2D eigenvalue weighted by Crippen LogP contribution is 2.41. The molecular weight excluding hydrogens is 382 g/mol. The highest BCUT2D eigenvalue weighted by molar-refractivity contribution is 6.05. The summed E-state index contributed by atoms with van der Waals surface area (Å²) >= 11 is 0. The van der Waals surface area contributed by atoms with Gasteiger partial charge in [-0.3, -0.25) is 9.89 Å². The lowest BCUT2D eigenvalue weighted by Gasteiger charge is -2.14. The Morgan fingerprint density at radius 2 is 1.57 bits per heavy atom. The quantitative estimate of drug-likeness (QED) is 0.495. The Labute approximate surface area is 173 Å². The SMILES string of the molecule is COc1cc(-c2ccc(C(=O)Nc3ccc4[nH]ncc4c3)cc2)cc(OC)c1OC. The predicted octanol–water partition coefficient (Wildman–Crippen LogP) is 4.51. The van der Waals surface area contributed by atoms with Crippen LogP contribution in [0.25, 0.3) is 22.0 Å². The fraction of sp³-hybridized carbons (Fsp3) is 0.130. The second-order valence-electron chi connectivity index (χ2n) is 6.62. The molecule has 7 heteroatoms. The number of aromatic amines is 1. The van der Waals surface area contributed by atoms with E-state index in [1.54, 1.807) is 39.7 Å². The minimum atomic E-state index is -0.186. The first-order valence-corrected chi connectivity index (χ1v) is 9.28. The zero-order valence-electron chi connectivity index (χ0n) is 16.9. The van der Waals surface area contributed by atoms with Gasteiger partial charge in [0.15, 0.2) is 11.5 Å². The number of nitrogens with zero attached hydrogens (tertiary/aromatic N) is 1. The van der Waals surface area contributed by atoms with Gasteiger partial charge in [-0.15, -0.1) is 0 Å². The van der Waals surface area contributed by atoms with Crippen LogP contribution >= 0.6 is 0 Å². The Balaban J connectivity index is 1.57. The monoisotopic (exact) mass is 403 g/mol. The van der Waals surface area contributed by atoms with E-state index >= 15 is 0 Å². The summed E-state index contributed by atoms with van der Waals surface area (Å²) in [7, 11) is 4.72. The number of aromatic nitrogens is 2. The van der Waals surface area contributed by atoms with Crippen LogP contribution in [0.15, 0.2) is 60.8 Å². The molecule has 0 bridgehead atoms. The van der Waals surface area contributed by atoms with E-state index in [0.29, 0.717) is 28.5 Å². The maximum atomic E-state index is 12.6. The van der Waals surface area contributed by atoms with Crippen LogP contribution in [-0.2, 0) is 0 Å². The van der Waals surface area contributed by atoms with Crippen molar-refractivity contribution in [3.8, 4) is 28.4 Å². The summed E-state index contributed by atoms with van der Waals surface area (Å²) in [4.78, 5) is 12.6. The van der Waals surface area contributed by atoms with Gasteiger partial charge in [-0.05, 0) is 53.6 Å². The number of ether oxygens (including phenoxy) is 3. The van der Waals surface area contributed by atoms with E-state index in [1.165, 1.54) is 0 Å². The molecule has 3 aromatic carbocycles. The molecule has 1 amide bonds. The largest absolute Gasteiger partial charge is 0.493 e. The number of amides is 1. The van der Waals surface area contributed by atoms with E-state index in [-0.39, 0.29) is 5.91 Å². The highest BCUT2D eigenvalue weighted by atomic mass is 16.5. The van der Waals surface area contributed by atoms with Crippen molar-refractivity contribution in [2.24, 2.45) is 0 Å². The highest BCUT2D eigenvalue weighted by Gasteiger charge is 2.14. The molecule has 0 radical (unpaired) electrons. The first kappa shape index (κ1) is 19.3. The zero-order chi connectivity index (χ0) is 21.1. The van der Waals surface area contributed by atoms with Crippen molar-refractivity contribution in [1.82, 2.24) is 10.2 Å². The molecule has 0 spiro atoms. The smallest absolute Gasteiger partial charge is 0.255 e. The lowest BCUT2D eigenvalue weighted by atomic mass is 10.0. The van der Waals surface area contributed by atoms with E-state index in [9.17, 15) is 4.79 Å². The Morgan fingerprint density at radius 1 is 0.867 bits per heavy atom. The number of hydrogen-bond donors (Lipinski definition) is 2. The molecule has 1 heterocycles. The summed E-state index contributed by atoms with van der Waals surface area (Å²) in [6.07, 6.45) is 1.72. The Morgan fingerprint density at radius 3 is 2.20 bits per heavy atom. The van der Waals surface area contributed by atoms with Crippen LogP contribution in [0, 0.1) is 0 Å². The number of H-pyrrole nitrogens is 1. The Bertz CT molecular complexity index is 1170. The number of anilines is 1. The molecule has 4 rings (SSSR count). The third kappa shape index (κ3) is 3.65. The first-order chi connectivity index (χ1) is 14.6. The van der Waals surface area contributed by atoms with Crippen LogP contribution in [0.3, 0.4) is 0 Å². The average molecular weight is 403 g/mol. The van der Waals surface area contributed by atoms with Crippen molar-refractivity contribution in [1.29, 1.82) is 0 Å². The van der Waals surface area contributed by atoms with Gasteiger partial charge < -0.3 is 19.5 Å². The van der Waals surface area contributed by atoms with Gasteiger partial charge in [-0.1, -0.05) is 12.1 Å². The zero-order valence-corrected chi connectivity index (χ0v) is 16.9. The maximum Gasteiger partial charge on any atom is 0.255 e. The Kier molecular flexibility index (Phi) is 5.26. The maximum absolute atomic E-state index is 12.6. The van der Waals surface area contributed by atoms with Crippen molar-refractivity contribution in [3.05, 3.63) is 66.4 Å². The van der Waals surface area contributed by atoms with Gasteiger partial charge in [0, 0.05) is 16.6 Å². The third-order valence-electron chi connectivity index (χ3n) is 4.84. The molecule has 1 aromatic heterocycles. The lowest BCUT2D eigenvalue weighted by molar-refractivity contribution is 0.102. The van der Waals surface area contributed by atoms with Crippen LogP contribution in [0.5, 0.6) is 17.2 Å². The summed E-state index contributed by atoms with van der Waals surface area (Å²) in [6.45, 7) is 0. The van der Waals surface area contributed by atoms with Crippen LogP contribution in [0.4, 0.5) is 5.69 Å². The number of fused-ring (bicyclic) bond motifs is 1. The number of methoxy groups -OCH3 is 3. The van der Waals surface area contributed by atoms with Gasteiger partial charge in [-0.2, -0.15) is 5.10 Å². The fourth-order valence-corrected chi connectivity index (χ4v) is 3.29. The van der Waals surface area contributed by atoms with Crippen molar-refractivity contribution >= 4 is 22.5 Å². The Hall–Kier alpha value is -4.00. The second-order valence-corrected chi connectivity index (χ2v) is 6.62. The van der Waals surface area contributed by atoms with E-state index in [1.807, 2.05) is 42.5 Å². The molecule has 0 saturated heterocycles. The summed E-state index contributed by atoms with van der Waals surface area (Å²) < 4.78 is 16.2. The molecule has 0 fully saturated rings. The van der Waals surface area contributed by atoms with E-state index in [2.05, 4.69) is 15.5 Å². The summed E-state index contributed by atoms with van der Waals surface area (Å²) in [5.74, 6) is 1.50. The summed E-state index contributed by atoms with van der Waals surface area (Å²) in [6, 6.07) is 16.7. The van der Waals surface area contributed by atoms with Crippen LogP contribution in [0.1, 0.15) is 10.4 Å². The number of carbonyl (C=O) groups is 1. The fourth-order valence-electron chi connectivity index (χ4n) is 3.29. The standard InChI is InChI=1S/C23H21N3O4/c1-28-20-11-16(12-21(29-2)22(20)30-3)14-4-6-15(7-5-14)23(27)25-18-8-9-19-17(10-18)13-24-26-19/h4-13H,1-3H3,(H,24,26)(H,25,27). The van der Waals surface area contributed by atoms with Crippen molar-refractivity contribution in [2.45, 2.75) is 0 Å². The van der Waals surface area contributed by atoms with Gasteiger partial charge in [0.05, 0.1) is 33.0 Å². The van der Waals surface area contributed by atoms with Gasteiger partial charge in [-0.25, -0.2) is 0 Å². The molecule has 7 nitrogen and oxygen atoms in total. The predicted molar refractivity (Wildman–Crippen MR) is 116 cm³/mol. The van der Waals surface area contributed by atoms with Crippen molar-refractivity contribution < 1.29 is 19.0 Å². The molecule has 2 N–H and O–H groups in total. The van der Waals surface area contributed by atoms with Crippen molar-refractivity contribution in [3.63, 3.8) is 0 Å². The van der Waals surface area contributed by atoms with Crippen LogP contribution in [0.2, 0.25) is 0 Å². The van der Waals surface area contributed by atoms with E-state index < -0.39 is 0 Å². The van der Waals surface area contributed by atoms with Gasteiger partial charge in [0.25, 0.3) is 5.91 Å². The lowest BCUT2D eigenvalue weighted by Crippen LogP contribution is -2.11. The molecule has 0 aliphatic rings. The second kappa shape index (κ2) is 8.16. The molecule has 0 unspecified atom stereocenters.